The lowest BCUT2D eigenvalue weighted by molar-refractivity contribution is 0.858. The molecular weight excluding hydrogens is 388 g/mol. The van der Waals surface area contributed by atoms with Gasteiger partial charge in [-0.25, -0.2) is 4.98 Å². The summed E-state index contributed by atoms with van der Waals surface area (Å²) in [6, 6.07) is 14.9. The number of aromatic nitrogens is 6. The van der Waals surface area contributed by atoms with Crippen LogP contribution in [0.3, 0.4) is 0 Å². The van der Waals surface area contributed by atoms with E-state index in [0.717, 1.165) is 22.4 Å². The second kappa shape index (κ2) is 6.72. The van der Waals surface area contributed by atoms with Crippen LogP contribution in [-0.2, 0) is 0 Å². The van der Waals surface area contributed by atoms with Gasteiger partial charge in [0.15, 0.2) is 5.82 Å². The summed E-state index contributed by atoms with van der Waals surface area (Å²) in [7, 11) is 0. The maximum absolute atomic E-state index is 12.9. The van der Waals surface area contributed by atoms with Gasteiger partial charge in [-0.05, 0) is 36.8 Å². The Kier molecular flexibility index (Phi) is 4.03. The summed E-state index contributed by atoms with van der Waals surface area (Å²) < 4.78 is 1.40. The molecule has 7 nitrogen and oxygen atoms in total. The largest absolute Gasteiger partial charge is 0.364 e. The Bertz CT molecular complexity index is 1320. The van der Waals surface area contributed by atoms with Crippen molar-refractivity contribution in [3.05, 3.63) is 82.1 Å². The summed E-state index contributed by atoms with van der Waals surface area (Å²) in [5.41, 5.74) is 5.31. The minimum Gasteiger partial charge on any atom is -0.364 e. The van der Waals surface area contributed by atoms with Crippen LogP contribution in [-0.4, -0.2) is 29.9 Å². The van der Waals surface area contributed by atoms with Crippen LogP contribution in [0.4, 0.5) is 0 Å². The zero-order valence-electron chi connectivity index (χ0n) is 15.3. The van der Waals surface area contributed by atoms with E-state index in [0.29, 0.717) is 27.8 Å². The highest BCUT2D eigenvalue weighted by Crippen LogP contribution is 2.33. The number of rotatable bonds is 3. The number of pyridine rings is 1. The third-order valence-electron chi connectivity index (χ3n) is 4.84. The molecule has 0 atom stereocenters. The Labute approximate surface area is 170 Å². The monoisotopic (exact) mass is 402 g/mol. The molecule has 3 heterocycles. The summed E-state index contributed by atoms with van der Waals surface area (Å²) in [5, 5.41) is 12.1. The van der Waals surface area contributed by atoms with Gasteiger partial charge in [-0.3, -0.25) is 9.89 Å². The number of aromatic amines is 2. The second-order valence-electron chi connectivity index (χ2n) is 6.64. The van der Waals surface area contributed by atoms with Gasteiger partial charge in [0.2, 0.25) is 0 Å². The van der Waals surface area contributed by atoms with E-state index in [4.69, 9.17) is 11.6 Å². The third-order valence-corrected chi connectivity index (χ3v) is 5.09. The molecule has 2 aromatic carbocycles. The van der Waals surface area contributed by atoms with E-state index in [1.807, 2.05) is 31.2 Å². The molecule has 5 rings (SSSR count). The molecular formula is C21H15ClN6O. The average molecular weight is 403 g/mol. The number of fused-ring (bicyclic) bond motifs is 1. The van der Waals surface area contributed by atoms with Crippen molar-refractivity contribution >= 4 is 11.6 Å². The Hall–Kier alpha value is -3.71. The molecule has 2 N–H and O–H groups in total. The summed E-state index contributed by atoms with van der Waals surface area (Å²) in [4.78, 5) is 20.3. The molecule has 1 aromatic heterocycles. The normalized spacial score (nSPS) is 11.2. The van der Waals surface area contributed by atoms with Crippen molar-refractivity contribution in [1.29, 1.82) is 0 Å². The molecule has 2 aliphatic rings. The first-order valence-corrected chi connectivity index (χ1v) is 9.33. The van der Waals surface area contributed by atoms with E-state index in [1.165, 1.54) is 4.68 Å². The van der Waals surface area contributed by atoms with Gasteiger partial charge in [-0.2, -0.15) is 14.9 Å². The average Bonchev–Trinajstić information content (AvgIpc) is 3.38. The lowest BCUT2D eigenvalue weighted by atomic mass is 9.98. The first-order valence-electron chi connectivity index (χ1n) is 8.95. The minimum absolute atomic E-state index is 0.183. The summed E-state index contributed by atoms with van der Waals surface area (Å²) in [5.74, 6) is 0.631. The molecule has 0 radical (unpaired) electrons. The van der Waals surface area contributed by atoms with Crippen molar-refractivity contribution in [3.63, 3.8) is 0 Å². The number of nitrogens with one attached hydrogen (secondary N) is 2. The van der Waals surface area contributed by atoms with Crippen LogP contribution in [0.5, 0.6) is 0 Å². The number of nitrogens with zero attached hydrogens (tertiary/aromatic N) is 4. The molecule has 3 aromatic rings. The summed E-state index contributed by atoms with van der Waals surface area (Å²) in [6.07, 6.45) is 3.25. The van der Waals surface area contributed by atoms with Crippen molar-refractivity contribution in [2.75, 3.05) is 0 Å². The zero-order chi connectivity index (χ0) is 20.0. The Morgan fingerprint density at radius 2 is 1.72 bits per heavy atom. The minimum atomic E-state index is -0.183. The third kappa shape index (κ3) is 2.92. The van der Waals surface area contributed by atoms with Crippen molar-refractivity contribution in [2.45, 2.75) is 6.92 Å². The van der Waals surface area contributed by atoms with Gasteiger partial charge < -0.3 is 4.98 Å². The number of benzene rings is 2. The highest BCUT2D eigenvalue weighted by Gasteiger charge is 2.22. The Balaban J connectivity index is 1.66. The van der Waals surface area contributed by atoms with Crippen LogP contribution in [0.15, 0.2) is 65.8 Å². The van der Waals surface area contributed by atoms with Crippen LogP contribution < -0.4 is 5.56 Å². The summed E-state index contributed by atoms with van der Waals surface area (Å²) >= 11 is 5.97. The van der Waals surface area contributed by atoms with Crippen LogP contribution in [0.25, 0.3) is 39.5 Å². The fraction of sp³-hybridized carbons (Fsp3) is 0.0476. The van der Waals surface area contributed by atoms with E-state index in [9.17, 15) is 4.79 Å². The van der Waals surface area contributed by atoms with Crippen LogP contribution >= 0.6 is 11.6 Å². The lowest BCUT2D eigenvalue weighted by Crippen LogP contribution is -2.14. The predicted molar refractivity (Wildman–Crippen MR) is 111 cm³/mol. The van der Waals surface area contributed by atoms with Crippen molar-refractivity contribution in [3.8, 4) is 39.5 Å². The zero-order valence-corrected chi connectivity index (χ0v) is 16.1. The molecule has 142 valence electrons. The van der Waals surface area contributed by atoms with Gasteiger partial charge in [-0.15, -0.1) is 0 Å². The molecule has 2 aliphatic heterocycles. The fourth-order valence-electron chi connectivity index (χ4n) is 3.40. The van der Waals surface area contributed by atoms with Crippen LogP contribution in [0.2, 0.25) is 5.02 Å². The number of hydrogen-bond donors (Lipinski definition) is 2. The quantitative estimate of drug-likeness (QED) is 0.475. The highest BCUT2D eigenvalue weighted by atomic mass is 35.5. The molecule has 0 saturated carbocycles. The van der Waals surface area contributed by atoms with Gasteiger partial charge in [0.25, 0.3) is 5.56 Å². The first kappa shape index (κ1) is 17.4. The molecule has 0 saturated heterocycles. The maximum Gasteiger partial charge on any atom is 0.282 e. The topological polar surface area (TPSA) is 92.2 Å². The number of halogens is 1. The van der Waals surface area contributed by atoms with Gasteiger partial charge in [-0.1, -0.05) is 35.9 Å². The van der Waals surface area contributed by atoms with Gasteiger partial charge in [0, 0.05) is 28.0 Å². The standard InChI is InChI=1S/C21H15ClN6O/c1-12-18(13-2-4-14(5-3-13)20-24-11-25-26-20)19-17(10-23-12)21(29)28(27-19)16-8-6-15(22)7-9-16/h2-11,23H,1H3,(H,24,25,26). The van der Waals surface area contributed by atoms with Crippen LogP contribution in [0, 0.1) is 6.92 Å². The smallest absolute Gasteiger partial charge is 0.282 e. The molecule has 8 heteroatoms. The Morgan fingerprint density at radius 3 is 2.41 bits per heavy atom. The molecule has 0 fully saturated rings. The molecule has 0 spiro atoms. The van der Waals surface area contributed by atoms with E-state index < -0.39 is 0 Å². The molecule has 0 aliphatic carbocycles. The van der Waals surface area contributed by atoms with Gasteiger partial charge >= 0.3 is 0 Å². The maximum atomic E-state index is 12.9. The fourth-order valence-corrected chi connectivity index (χ4v) is 3.53. The van der Waals surface area contributed by atoms with Gasteiger partial charge in [0.05, 0.1) is 11.3 Å². The van der Waals surface area contributed by atoms with E-state index in [2.05, 4.69) is 25.3 Å². The van der Waals surface area contributed by atoms with Crippen molar-refractivity contribution in [2.24, 2.45) is 0 Å². The SMILES string of the molecule is Cc1[nH]cc2c(=O)n(-c3ccc(Cl)cc3)nc-2c1-c1ccc(-c2nc[nH]n2)cc1. The highest BCUT2D eigenvalue weighted by molar-refractivity contribution is 6.30. The van der Waals surface area contributed by atoms with E-state index in [1.54, 1.807) is 36.8 Å². The lowest BCUT2D eigenvalue weighted by Gasteiger charge is -2.10. The first-order chi connectivity index (χ1) is 14.1. The van der Waals surface area contributed by atoms with Crippen molar-refractivity contribution < 1.29 is 0 Å². The van der Waals surface area contributed by atoms with E-state index in [-0.39, 0.29) is 5.56 Å². The number of aryl methyl sites for hydroxylation is 1. The number of hydrogen-bond acceptors (Lipinski definition) is 4. The molecule has 0 unspecified atom stereocenters. The van der Waals surface area contributed by atoms with Crippen LogP contribution in [0.1, 0.15) is 5.69 Å². The molecule has 0 amide bonds. The number of H-pyrrole nitrogens is 2. The summed E-state index contributed by atoms with van der Waals surface area (Å²) in [6.45, 7) is 1.96. The van der Waals surface area contributed by atoms with Gasteiger partial charge in [0.1, 0.15) is 12.0 Å². The van der Waals surface area contributed by atoms with Crippen molar-refractivity contribution in [1.82, 2.24) is 29.9 Å². The van der Waals surface area contributed by atoms with E-state index >= 15 is 0 Å². The second-order valence-corrected chi connectivity index (χ2v) is 7.08. The molecule has 29 heavy (non-hydrogen) atoms. The predicted octanol–water partition coefficient (Wildman–Crippen LogP) is 4.08. The molecule has 0 bridgehead atoms. The Morgan fingerprint density at radius 1 is 1.00 bits per heavy atom.